The van der Waals surface area contributed by atoms with Gasteiger partial charge < -0.3 is 9.32 Å². The van der Waals surface area contributed by atoms with E-state index in [0.717, 1.165) is 96.3 Å². The van der Waals surface area contributed by atoms with E-state index in [1.165, 1.54) is 16.8 Å². The summed E-state index contributed by atoms with van der Waals surface area (Å²) in [6.07, 6.45) is 17.0. The van der Waals surface area contributed by atoms with E-state index < -0.39 is 0 Å². The summed E-state index contributed by atoms with van der Waals surface area (Å²) in [5.74, 6) is 3.09. The van der Waals surface area contributed by atoms with E-state index in [9.17, 15) is 0 Å². The van der Waals surface area contributed by atoms with Gasteiger partial charge in [-0.25, -0.2) is 0 Å². The van der Waals surface area contributed by atoms with Crippen LogP contribution in [0.2, 0.25) is 0 Å². The highest BCUT2D eigenvalue weighted by Gasteiger charge is 2.26. The molecule has 0 fully saturated rings. The lowest BCUT2D eigenvalue weighted by Crippen LogP contribution is -2.20. The van der Waals surface area contributed by atoms with Gasteiger partial charge in [-0.15, -0.1) is 6.42 Å². The van der Waals surface area contributed by atoms with Gasteiger partial charge in [0.1, 0.15) is 16.9 Å². The number of allylic oxidation sites excluding steroid dienone is 5. The molecule has 0 radical (unpaired) electrons. The Hall–Kier alpha value is -7.54. The van der Waals surface area contributed by atoms with Crippen LogP contribution in [0.25, 0.3) is 72.4 Å². The molecule has 0 saturated carbocycles. The summed E-state index contributed by atoms with van der Waals surface area (Å²) >= 11 is 0. The third kappa shape index (κ3) is 5.95. The zero-order valence-corrected chi connectivity index (χ0v) is 32.3. The van der Waals surface area contributed by atoms with Gasteiger partial charge in [0.05, 0.1) is 16.9 Å². The highest BCUT2D eigenvalue weighted by molar-refractivity contribution is 6.11. The maximum absolute atomic E-state index is 6.69. The van der Waals surface area contributed by atoms with E-state index in [1.807, 2.05) is 13.0 Å². The summed E-state index contributed by atoms with van der Waals surface area (Å²) in [5, 5.41) is 3.34. The molecule has 3 heteroatoms. The maximum Gasteiger partial charge on any atom is 0.143 e. The second kappa shape index (κ2) is 14.8. The first-order chi connectivity index (χ1) is 28.7. The first-order valence-corrected chi connectivity index (χ1v) is 19.9. The first kappa shape index (κ1) is 34.9. The molecule has 0 amide bonds. The standard InChI is InChI=1S/C55H40N2O/c1-3-18-44-45-23-11-13-27-51(45)57(50(44)4-2)53-29-15-14-28-52(53)56(41-33-31-39(32-34-41)38-19-7-5-8-20-38)42-35-36-43(40-21-9-6-10-22-40)49(37-42)48-26-17-25-47-46-24-12-16-30-54(46)58-55(47)48/h2-3,5-31,33,35-37H,32,34H2,1H3/b18-3-. The summed E-state index contributed by atoms with van der Waals surface area (Å²) in [4.78, 5) is 2.44. The molecule has 3 nitrogen and oxygen atoms in total. The molecule has 10 rings (SSSR count). The molecule has 0 aliphatic heterocycles. The Balaban J connectivity index is 1.24. The van der Waals surface area contributed by atoms with Crippen molar-refractivity contribution < 1.29 is 4.42 Å². The average molecular weight is 745 g/mol. The summed E-state index contributed by atoms with van der Waals surface area (Å²) in [6.45, 7) is 2.04. The Kier molecular flexibility index (Phi) is 8.94. The van der Waals surface area contributed by atoms with Crippen LogP contribution in [0.3, 0.4) is 0 Å². The minimum atomic E-state index is 0.826. The van der Waals surface area contributed by atoms with Gasteiger partial charge in [0.2, 0.25) is 0 Å². The molecule has 0 saturated heterocycles. The Labute approximate surface area is 339 Å². The van der Waals surface area contributed by atoms with Crippen molar-refractivity contribution >= 4 is 55.9 Å². The molecular weight excluding hydrogens is 705 g/mol. The normalized spacial score (nSPS) is 12.9. The molecule has 1 aliphatic rings. The molecule has 2 aromatic heterocycles. The second-order valence-electron chi connectivity index (χ2n) is 14.7. The van der Waals surface area contributed by atoms with Crippen LogP contribution >= 0.6 is 0 Å². The monoisotopic (exact) mass is 744 g/mol. The fourth-order valence-corrected chi connectivity index (χ4v) is 8.72. The third-order valence-electron chi connectivity index (χ3n) is 11.3. The topological polar surface area (TPSA) is 21.3 Å². The van der Waals surface area contributed by atoms with E-state index in [2.05, 4.69) is 203 Å². The molecule has 276 valence electrons. The van der Waals surface area contributed by atoms with Crippen LogP contribution in [0.5, 0.6) is 0 Å². The Morgan fingerprint density at radius 3 is 2.10 bits per heavy atom. The fraction of sp³-hybridized carbons (Fsp3) is 0.0545. The Morgan fingerprint density at radius 2 is 1.33 bits per heavy atom. The summed E-state index contributed by atoms with van der Waals surface area (Å²) in [7, 11) is 0. The number of hydrogen-bond acceptors (Lipinski definition) is 2. The molecule has 0 spiro atoms. The lowest BCUT2D eigenvalue weighted by Gasteiger charge is -2.32. The largest absolute Gasteiger partial charge is 0.455 e. The van der Waals surface area contributed by atoms with Crippen LogP contribution < -0.4 is 4.90 Å². The van der Waals surface area contributed by atoms with E-state index in [1.54, 1.807) is 0 Å². The fourth-order valence-electron chi connectivity index (χ4n) is 8.72. The molecule has 0 N–H and O–H groups in total. The van der Waals surface area contributed by atoms with Crippen molar-refractivity contribution in [1.82, 2.24) is 4.57 Å². The highest BCUT2D eigenvalue weighted by Crippen LogP contribution is 2.46. The number of aromatic nitrogens is 1. The number of nitrogens with zero attached hydrogens (tertiary/aromatic N) is 2. The van der Waals surface area contributed by atoms with Gasteiger partial charge in [-0.1, -0.05) is 158 Å². The SMILES string of the molecule is C#Cc1c(/C=C\C)c2ccccc2n1-c1ccccc1N(C1=CC=C(c2ccccc2)CC1)c1ccc(-c2ccccc2)c(-c2cccc3c2oc2ccccc23)c1. The minimum Gasteiger partial charge on any atom is -0.455 e. The molecule has 1 aliphatic carbocycles. The summed E-state index contributed by atoms with van der Waals surface area (Å²) < 4.78 is 8.95. The maximum atomic E-state index is 6.69. The number of rotatable bonds is 8. The van der Waals surface area contributed by atoms with Gasteiger partial charge in [0, 0.05) is 38.7 Å². The van der Waals surface area contributed by atoms with Gasteiger partial charge in [-0.3, -0.25) is 4.57 Å². The van der Waals surface area contributed by atoms with Gasteiger partial charge in [0.25, 0.3) is 0 Å². The van der Waals surface area contributed by atoms with E-state index in [-0.39, 0.29) is 0 Å². The number of hydrogen-bond donors (Lipinski definition) is 0. The number of para-hydroxylation sites is 5. The first-order valence-electron chi connectivity index (χ1n) is 19.9. The van der Waals surface area contributed by atoms with Crippen molar-refractivity contribution in [3.63, 3.8) is 0 Å². The van der Waals surface area contributed by atoms with Crippen LogP contribution in [0.15, 0.2) is 198 Å². The quantitative estimate of drug-likeness (QED) is 0.145. The predicted octanol–water partition coefficient (Wildman–Crippen LogP) is 14.8. The number of anilines is 2. The van der Waals surface area contributed by atoms with Crippen LogP contribution in [0, 0.1) is 12.3 Å². The van der Waals surface area contributed by atoms with Crippen LogP contribution in [0.1, 0.15) is 36.6 Å². The molecule has 58 heavy (non-hydrogen) atoms. The van der Waals surface area contributed by atoms with Crippen molar-refractivity contribution in [3.05, 3.63) is 211 Å². The van der Waals surface area contributed by atoms with Gasteiger partial charge in [-0.05, 0) is 90.1 Å². The van der Waals surface area contributed by atoms with E-state index in [4.69, 9.17) is 10.8 Å². The van der Waals surface area contributed by atoms with Gasteiger partial charge in [-0.2, -0.15) is 0 Å². The molecule has 9 aromatic rings. The third-order valence-corrected chi connectivity index (χ3v) is 11.3. The summed E-state index contributed by atoms with van der Waals surface area (Å²) in [6, 6.07) is 60.2. The zero-order valence-electron chi connectivity index (χ0n) is 32.3. The average Bonchev–Trinajstić information content (AvgIpc) is 3.83. The summed E-state index contributed by atoms with van der Waals surface area (Å²) in [5.41, 5.74) is 16.0. The molecule has 0 atom stereocenters. The highest BCUT2D eigenvalue weighted by atomic mass is 16.3. The van der Waals surface area contributed by atoms with Crippen LogP contribution in [-0.4, -0.2) is 4.57 Å². The molecular formula is C55H40N2O. The Morgan fingerprint density at radius 1 is 0.621 bits per heavy atom. The molecule has 0 bridgehead atoms. The predicted molar refractivity (Wildman–Crippen MR) is 244 cm³/mol. The van der Waals surface area contributed by atoms with Gasteiger partial charge >= 0.3 is 0 Å². The zero-order chi connectivity index (χ0) is 39.0. The van der Waals surface area contributed by atoms with E-state index >= 15 is 0 Å². The van der Waals surface area contributed by atoms with Crippen LogP contribution in [0.4, 0.5) is 11.4 Å². The number of furan rings is 1. The van der Waals surface area contributed by atoms with Crippen molar-refractivity contribution in [2.45, 2.75) is 19.8 Å². The Bertz CT molecular complexity index is 3130. The smallest absolute Gasteiger partial charge is 0.143 e. The van der Waals surface area contributed by atoms with Crippen molar-refractivity contribution in [1.29, 1.82) is 0 Å². The lowest BCUT2D eigenvalue weighted by molar-refractivity contribution is 0.670. The number of terminal acetylenes is 1. The lowest BCUT2D eigenvalue weighted by atomic mass is 9.91. The van der Waals surface area contributed by atoms with Crippen LogP contribution in [-0.2, 0) is 0 Å². The second-order valence-corrected chi connectivity index (χ2v) is 14.7. The van der Waals surface area contributed by atoms with Gasteiger partial charge in [0.15, 0.2) is 0 Å². The molecule has 0 unspecified atom stereocenters. The van der Waals surface area contributed by atoms with E-state index in [0.29, 0.717) is 0 Å². The minimum absolute atomic E-state index is 0.826. The molecule has 2 heterocycles. The van der Waals surface area contributed by atoms with Crippen molar-refractivity contribution in [2.75, 3.05) is 4.90 Å². The van der Waals surface area contributed by atoms with Crippen molar-refractivity contribution in [2.24, 2.45) is 0 Å². The van der Waals surface area contributed by atoms with Crippen molar-refractivity contribution in [3.8, 4) is 40.3 Å². The number of benzene rings is 7. The number of fused-ring (bicyclic) bond motifs is 4. The molecule has 7 aromatic carbocycles.